The highest BCUT2D eigenvalue weighted by Crippen LogP contribution is 2.35. The number of hydrogen-bond donors (Lipinski definition) is 1. The third-order valence-corrected chi connectivity index (χ3v) is 2.83. The quantitative estimate of drug-likeness (QED) is 0.594. The number of nitrogens with one attached hydrogen (secondary N) is 1. The maximum absolute atomic E-state index is 3.32. The zero-order chi connectivity index (χ0) is 6.85. The van der Waals surface area contributed by atoms with Crippen molar-refractivity contribution in [1.29, 1.82) is 0 Å². The van der Waals surface area contributed by atoms with E-state index in [1.165, 1.54) is 12.8 Å². The Morgan fingerprint density at radius 2 is 2.22 bits per heavy atom. The minimum absolute atomic E-state index is 0.815. The molecule has 1 nitrogen and oxygen atoms in total. The molecule has 1 aliphatic carbocycles. The Morgan fingerprint density at radius 3 is 2.56 bits per heavy atom. The van der Waals surface area contributed by atoms with Gasteiger partial charge in [-0.1, -0.05) is 20.3 Å². The van der Waals surface area contributed by atoms with E-state index in [1.807, 2.05) is 0 Å². The predicted molar refractivity (Wildman–Crippen MR) is 40.4 cm³/mol. The second-order valence-corrected chi connectivity index (χ2v) is 3.16. The van der Waals surface area contributed by atoms with E-state index in [4.69, 9.17) is 0 Å². The fourth-order valence-corrected chi connectivity index (χ4v) is 1.81. The smallest absolute Gasteiger partial charge is 0.00950 e. The number of rotatable bonds is 2. The zero-order valence-corrected chi connectivity index (χ0v) is 6.65. The third kappa shape index (κ3) is 1.11. The van der Waals surface area contributed by atoms with Gasteiger partial charge in [0.05, 0.1) is 0 Å². The molecule has 1 N–H and O–H groups in total. The molecule has 0 aromatic carbocycles. The lowest BCUT2D eigenvalue weighted by atomic mass is 9.69. The summed E-state index contributed by atoms with van der Waals surface area (Å²) in [6.07, 6.45) is 2.76. The molecule has 1 fully saturated rings. The largest absolute Gasteiger partial charge is 0.317 e. The van der Waals surface area contributed by atoms with E-state index in [1.54, 1.807) is 0 Å². The van der Waals surface area contributed by atoms with Crippen molar-refractivity contribution in [2.75, 3.05) is 7.05 Å². The molecule has 1 aliphatic rings. The van der Waals surface area contributed by atoms with Gasteiger partial charge in [0.15, 0.2) is 0 Å². The Labute approximate surface area is 57.8 Å². The molecule has 1 rings (SSSR count). The molecule has 1 heteroatoms. The van der Waals surface area contributed by atoms with Gasteiger partial charge in [-0.15, -0.1) is 0 Å². The Bertz CT molecular complexity index is 80.6. The molecular weight excluding hydrogens is 110 g/mol. The summed E-state index contributed by atoms with van der Waals surface area (Å²) < 4.78 is 0. The molecule has 0 heterocycles. The summed E-state index contributed by atoms with van der Waals surface area (Å²) in [5.41, 5.74) is 0. The molecule has 0 saturated heterocycles. The van der Waals surface area contributed by atoms with Crippen LogP contribution in [0.25, 0.3) is 0 Å². The van der Waals surface area contributed by atoms with Crippen molar-refractivity contribution in [2.45, 2.75) is 32.7 Å². The average Bonchev–Trinajstić information content (AvgIpc) is 1.87. The third-order valence-electron chi connectivity index (χ3n) is 2.83. The van der Waals surface area contributed by atoms with E-state index in [2.05, 4.69) is 26.2 Å². The highest BCUT2D eigenvalue weighted by molar-refractivity contribution is 4.89. The van der Waals surface area contributed by atoms with E-state index >= 15 is 0 Å². The molecule has 0 radical (unpaired) electrons. The number of hydrogen-bond acceptors (Lipinski definition) is 1. The van der Waals surface area contributed by atoms with Crippen LogP contribution in [0.3, 0.4) is 0 Å². The van der Waals surface area contributed by atoms with Crippen molar-refractivity contribution in [3.05, 3.63) is 0 Å². The van der Waals surface area contributed by atoms with Gasteiger partial charge in [-0.2, -0.15) is 0 Å². The zero-order valence-electron chi connectivity index (χ0n) is 6.65. The second-order valence-electron chi connectivity index (χ2n) is 3.16. The fourth-order valence-electron chi connectivity index (χ4n) is 1.81. The summed E-state index contributed by atoms with van der Waals surface area (Å²) >= 11 is 0. The van der Waals surface area contributed by atoms with Gasteiger partial charge in [-0.3, -0.25) is 0 Å². The predicted octanol–water partition coefficient (Wildman–Crippen LogP) is 1.64. The first-order chi connectivity index (χ1) is 4.29. The fraction of sp³-hybridized carbons (Fsp3) is 1.00. The van der Waals surface area contributed by atoms with Crippen molar-refractivity contribution in [3.8, 4) is 0 Å². The maximum atomic E-state index is 3.32. The second kappa shape index (κ2) is 2.70. The topological polar surface area (TPSA) is 12.0 Å². The van der Waals surface area contributed by atoms with E-state index in [-0.39, 0.29) is 0 Å². The summed E-state index contributed by atoms with van der Waals surface area (Å²) in [5, 5.41) is 3.32. The van der Waals surface area contributed by atoms with E-state index in [0.29, 0.717) is 0 Å². The maximum Gasteiger partial charge on any atom is 0.00950 e. The Hall–Kier alpha value is -0.0400. The standard InChI is InChI=1S/C8H17N/c1-4-7-5-8(9-3)6(7)2/h6-9H,4-5H2,1-3H3. The van der Waals surface area contributed by atoms with Gasteiger partial charge in [-0.05, 0) is 25.3 Å². The van der Waals surface area contributed by atoms with Crippen LogP contribution >= 0.6 is 0 Å². The van der Waals surface area contributed by atoms with Crippen molar-refractivity contribution in [2.24, 2.45) is 11.8 Å². The molecule has 9 heavy (non-hydrogen) atoms. The molecule has 0 aliphatic heterocycles. The Balaban J connectivity index is 2.24. The first-order valence-electron chi connectivity index (χ1n) is 3.96. The lowest BCUT2D eigenvalue weighted by molar-refractivity contribution is 0.124. The van der Waals surface area contributed by atoms with E-state index in [0.717, 1.165) is 17.9 Å². The SMILES string of the molecule is CCC1CC(NC)C1C. The van der Waals surface area contributed by atoms with Crippen LogP contribution in [0.5, 0.6) is 0 Å². The van der Waals surface area contributed by atoms with Crippen molar-refractivity contribution in [3.63, 3.8) is 0 Å². The lowest BCUT2D eigenvalue weighted by Crippen LogP contribution is -2.47. The van der Waals surface area contributed by atoms with Crippen LogP contribution in [-0.4, -0.2) is 13.1 Å². The van der Waals surface area contributed by atoms with Crippen LogP contribution in [0.4, 0.5) is 0 Å². The molecule has 0 spiro atoms. The summed E-state index contributed by atoms with van der Waals surface area (Å²) in [6.45, 7) is 4.63. The molecule has 0 aromatic rings. The van der Waals surface area contributed by atoms with Crippen LogP contribution in [0, 0.1) is 11.8 Å². The van der Waals surface area contributed by atoms with Crippen LogP contribution in [-0.2, 0) is 0 Å². The van der Waals surface area contributed by atoms with Gasteiger partial charge in [-0.25, -0.2) is 0 Å². The van der Waals surface area contributed by atoms with Crippen molar-refractivity contribution in [1.82, 2.24) is 5.32 Å². The monoisotopic (exact) mass is 127 g/mol. The van der Waals surface area contributed by atoms with Crippen LogP contribution in [0.15, 0.2) is 0 Å². The summed E-state index contributed by atoms with van der Waals surface area (Å²) in [5.74, 6) is 1.92. The molecule has 3 unspecified atom stereocenters. The minimum Gasteiger partial charge on any atom is -0.317 e. The van der Waals surface area contributed by atoms with Gasteiger partial charge in [0.25, 0.3) is 0 Å². The van der Waals surface area contributed by atoms with Gasteiger partial charge in [0, 0.05) is 6.04 Å². The Morgan fingerprint density at radius 1 is 1.56 bits per heavy atom. The molecular formula is C8H17N. The normalized spacial score (nSPS) is 42.3. The molecule has 0 bridgehead atoms. The average molecular weight is 127 g/mol. The molecule has 0 amide bonds. The van der Waals surface area contributed by atoms with Crippen molar-refractivity contribution >= 4 is 0 Å². The van der Waals surface area contributed by atoms with Gasteiger partial charge >= 0.3 is 0 Å². The van der Waals surface area contributed by atoms with Crippen LogP contribution in [0.2, 0.25) is 0 Å². The highest BCUT2D eigenvalue weighted by Gasteiger charge is 2.34. The molecule has 54 valence electrons. The van der Waals surface area contributed by atoms with E-state index in [9.17, 15) is 0 Å². The van der Waals surface area contributed by atoms with Crippen LogP contribution in [0.1, 0.15) is 26.7 Å². The molecule has 3 atom stereocenters. The van der Waals surface area contributed by atoms with Gasteiger partial charge < -0.3 is 5.32 Å². The summed E-state index contributed by atoms with van der Waals surface area (Å²) in [7, 11) is 2.06. The summed E-state index contributed by atoms with van der Waals surface area (Å²) in [6, 6.07) is 0.815. The summed E-state index contributed by atoms with van der Waals surface area (Å²) in [4.78, 5) is 0. The highest BCUT2D eigenvalue weighted by atomic mass is 14.9. The van der Waals surface area contributed by atoms with Crippen molar-refractivity contribution < 1.29 is 0 Å². The first-order valence-corrected chi connectivity index (χ1v) is 3.96. The van der Waals surface area contributed by atoms with Crippen LogP contribution < -0.4 is 5.32 Å². The first kappa shape index (κ1) is 7.07. The molecule has 0 aromatic heterocycles. The van der Waals surface area contributed by atoms with Gasteiger partial charge in [0.2, 0.25) is 0 Å². The van der Waals surface area contributed by atoms with Gasteiger partial charge in [0.1, 0.15) is 0 Å². The molecule has 1 saturated carbocycles. The Kier molecular flexibility index (Phi) is 2.12. The minimum atomic E-state index is 0.815. The lowest BCUT2D eigenvalue weighted by Gasteiger charge is -2.42. The van der Waals surface area contributed by atoms with E-state index < -0.39 is 0 Å².